The van der Waals surface area contributed by atoms with Crippen LogP contribution in [0.5, 0.6) is 0 Å². The van der Waals surface area contributed by atoms with Gasteiger partial charge in [0.15, 0.2) is 6.10 Å². The van der Waals surface area contributed by atoms with Crippen molar-refractivity contribution in [3.63, 3.8) is 0 Å². The normalized spacial score (nSPS) is 15.1. The second-order valence-electron chi connectivity index (χ2n) is 13.8. The van der Waals surface area contributed by atoms with E-state index in [1.165, 1.54) is 51.4 Å². The Morgan fingerprint density at radius 1 is 0.636 bits per heavy atom. The molecular weight excluding hydrogens is 721 g/mol. The summed E-state index contributed by atoms with van der Waals surface area (Å²) in [5.41, 5.74) is 5.33. The lowest BCUT2D eigenvalue weighted by Crippen LogP contribution is -2.30. The third-order valence-corrected chi connectivity index (χ3v) is 9.57. The molecule has 1 unspecified atom stereocenters. The Morgan fingerprint density at radius 2 is 1.18 bits per heavy atom. The molecule has 318 valence electrons. The van der Waals surface area contributed by atoms with E-state index in [9.17, 15) is 29.3 Å². The van der Waals surface area contributed by atoms with Crippen molar-refractivity contribution in [1.82, 2.24) is 0 Å². The third kappa shape index (κ3) is 37.0. The molecule has 0 fully saturated rings. The van der Waals surface area contributed by atoms with Crippen LogP contribution in [0.3, 0.4) is 0 Å². The second-order valence-corrected chi connectivity index (χ2v) is 15.2. The molecule has 0 spiro atoms. The van der Waals surface area contributed by atoms with E-state index in [1.807, 2.05) is 18.2 Å². The first-order chi connectivity index (χ1) is 26.6. The summed E-state index contributed by atoms with van der Waals surface area (Å²) < 4.78 is 32.5. The Hall–Kier alpha value is -2.37. The Morgan fingerprint density at radius 3 is 1.78 bits per heavy atom. The maximum absolute atomic E-state index is 12.6. The molecule has 0 radical (unpaired) electrons. The molecule has 4 atom stereocenters. The maximum Gasteiger partial charge on any atom is 0.472 e. The highest BCUT2D eigenvalue weighted by Gasteiger charge is 2.26. The highest BCUT2D eigenvalue weighted by molar-refractivity contribution is 7.47. The van der Waals surface area contributed by atoms with Crippen LogP contribution in [0.15, 0.2) is 60.8 Å². The SMILES string of the molecule is CC/C=C\C/C=C\C/C=C\C/C=C\C[C@H](O)[C@@H](O)CCCC(=O)OC[C@H](COP(=O)(O)OCCN)OC(=O)CCCCCCCCC/C=C\CCCCCC. The summed E-state index contributed by atoms with van der Waals surface area (Å²) in [5.74, 6) is -1.13. The van der Waals surface area contributed by atoms with E-state index in [2.05, 4.69) is 56.4 Å². The van der Waals surface area contributed by atoms with Crippen LogP contribution in [-0.4, -0.2) is 71.7 Å². The van der Waals surface area contributed by atoms with Gasteiger partial charge in [-0.2, -0.15) is 0 Å². The zero-order chi connectivity index (χ0) is 40.7. The molecule has 0 aromatic carbocycles. The molecule has 0 aromatic heterocycles. The van der Waals surface area contributed by atoms with Crippen LogP contribution >= 0.6 is 7.82 Å². The molecule has 5 N–H and O–H groups in total. The van der Waals surface area contributed by atoms with Crippen molar-refractivity contribution in [3.8, 4) is 0 Å². The van der Waals surface area contributed by atoms with Crippen LogP contribution in [0.1, 0.15) is 155 Å². The number of phosphoric acid groups is 1. The minimum atomic E-state index is -4.45. The number of aliphatic hydroxyl groups is 2. The fourth-order valence-corrected chi connectivity index (χ4v) is 6.13. The topological polar surface area (TPSA) is 175 Å². The molecular formula is C43H76NO10P. The number of ether oxygens (including phenoxy) is 2. The number of hydrogen-bond acceptors (Lipinski definition) is 10. The maximum atomic E-state index is 12.6. The largest absolute Gasteiger partial charge is 0.472 e. The highest BCUT2D eigenvalue weighted by Crippen LogP contribution is 2.43. The van der Waals surface area contributed by atoms with E-state index in [4.69, 9.17) is 24.3 Å². The van der Waals surface area contributed by atoms with E-state index in [0.717, 1.165) is 51.4 Å². The molecule has 0 saturated heterocycles. The van der Waals surface area contributed by atoms with Crippen LogP contribution in [0, 0.1) is 0 Å². The predicted octanol–water partition coefficient (Wildman–Crippen LogP) is 9.66. The first-order valence-corrected chi connectivity index (χ1v) is 22.4. The van der Waals surface area contributed by atoms with Crippen molar-refractivity contribution >= 4 is 19.8 Å². The molecule has 0 aliphatic rings. The summed E-state index contributed by atoms with van der Waals surface area (Å²) in [6, 6.07) is 0. The molecule has 0 bridgehead atoms. The van der Waals surface area contributed by atoms with E-state index in [1.54, 1.807) is 0 Å². The zero-order valence-corrected chi connectivity index (χ0v) is 35.0. The molecule has 0 rings (SSSR count). The van der Waals surface area contributed by atoms with Crippen LogP contribution in [0.25, 0.3) is 0 Å². The average Bonchev–Trinajstić information content (AvgIpc) is 3.16. The zero-order valence-electron chi connectivity index (χ0n) is 34.1. The first kappa shape index (κ1) is 52.6. The quantitative estimate of drug-likeness (QED) is 0.0203. The summed E-state index contributed by atoms with van der Waals surface area (Å²) in [4.78, 5) is 34.9. The molecule has 0 heterocycles. The lowest BCUT2D eigenvalue weighted by Gasteiger charge is -2.20. The number of allylic oxidation sites excluding steroid dienone is 9. The van der Waals surface area contributed by atoms with Gasteiger partial charge < -0.3 is 30.3 Å². The van der Waals surface area contributed by atoms with Crippen molar-refractivity contribution in [2.75, 3.05) is 26.4 Å². The standard InChI is InChI=1S/C43H76NO10P/c1-3-5-7-9-11-13-15-17-18-19-21-23-25-27-29-33-43(48)54-39(38-53-55(49,50)52-36-35-44)37-51-42(47)34-30-32-41(46)40(45)31-28-26-24-22-20-16-14-12-10-8-6-4-2/h6,8,12-15,20,22,26,28,39-41,45-46H,3-5,7,9-11,16-19,21,23-25,27,29-38,44H2,1-2H3,(H,49,50)/b8-6-,14-12-,15-13-,22-20-,28-26-/t39-,40+,41+/m1/s1. The van der Waals surface area contributed by atoms with Gasteiger partial charge >= 0.3 is 19.8 Å². The summed E-state index contributed by atoms with van der Waals surface area (Å²) in [6.45, 7) is 3.25. The summed E-state index contributed by atoms with van der Waals surface area (Å²) >= 11 is 0. The molecule has 11 nitrogen and oxygen atoms in total. The highest BCUT2D eigenvalue weighted by atomic mass is 31.2. The van der Waals surface area contributed by atoms with Gasteiger partial charge in [0, 0.05) is 19.4 Å². The Labute approximate surface area is 333 Å². The fraction of sp³-hybridized carbons (Fsp3) is 0.721. The van der Waals surface area contributed by atoms with Gasteiger partial charge in [0.1, 0.15) is 6.61 Å². The lowest BCUT2D eigenvalue weighted by atomic mass is 10.0. The number of hydrogen-bond donors (Lipinski definition) is 4. The molecule has 0 aromatic rings. The van der Waals surface area contributed by atoms with Gasteiger partial charge in [0.05, 0.1) is 25.4 Å². The lowest BCUT2D eigenvalue weighted by molar-refractivity contribution is -0.161. The Kier molecular flexibility index (Phi) is 36.8. The number of carbonyl (C=O) groups excluding carboxylic acids is 2. The van der Waals surface area contributed by atoms with Crippen LogP contribution in [-0.2, 0) is 32.7 Å². The number of phosphoric ester groups is 1. The van der Waals surface area contributed by atoms with Gasteiger partial charge in [0.25, 0.3) is 0 Å². The predicted molar refractivity (Wildman–Crippen MR) is 222 cm³/mol. The molecule has 0 saturated carbocycles. The number of aliphatic hydroxyl groups excluding tert-OH is 2. The van der Waals surface area contributed by atoms with Crippen molar-refractivity contribution in [2.24, 2.45) is 5.73 Å². The average molecular weight is 798 g/mol. The fourth-order valence-electron chi connectivity index (χ4n) is 5.36. The van der Waals surface area contributed by atoms with E-state index >= 15 is 0 Å². The number of rotatable bonds is 38. The van der Waals surface area contributed by atoms with Gasteiger partial charge in [0.2, 0.25) is 0 Å². The Bertz CT molecular complexity index is 1120. The van der Waals surface area contributed by atoms with Gasteiger partial charge in [-0.1, -0.05) is 126 Å². The van der Waals surface area contributed by atoms with Gasteiger partial charge in [-0.25, -0.2) is 4.57 Å². The van der Waals surface area contributed by atoms with Crippen molar-refractivity contribution in [1.29, 1.82) is 0 Å². The minimum Gasteiger partial charge on any atom is -0.462 e. The number of unbranched alkanes of at least 4 members (excludes halogenated alkanes) is 11. The molecule has 12 heteroatoms. The number of carbonyl (C=O) groups is 2. The Balaban J connectivity index is 4.44. The number of esters is 2. The smallest absolute Gasteiger partial charge is 0.462 e. The second kappa shape index (κ2) is 38.5. The first-order valence-electron chi connectivity index (χ1n) is 20.9. The molecule has 0 aliphatic heterocycles. The number of nitrogens with two attached hydrogens (primary N) is 1. The minimum absolute atomic E-state index is 0.0106. The molecule has 0 amide bonds. The summed E-state index contributed by atoms with van der Waals surface area (Å²) in [6.07, 6.45) is 37.1. The van der Waals surface area contributed by atoms with Crippen molar-refractivity contribution < 1.29 is 47.8 Å². The van der Waals surface area contributed by atoms with Crippen LogP contribution in [0.4, 0.5) is 0 Å². The van der Waals surface area contributed by atoms with E-state index in [-0.39, 0.29) is 51.9 Å². The van der Waals surface area contributed by atoms with E-state index < -0.39 is 44.7 Å². The van der Waals surface area contributed by atoms with Gasteiger partial charge in [-0.15, -0.1) is 0 Å². The molecule has 55 heavy (non-hydrogen) atoms. The van der Waals surface area contributed by atoms with E-state index in [0.29, 0.717) is 6.42 Å². The van der Waals surface area contributed by atoms with Crippen LogP contribution < -0.4 is 5.73 Å². The monoisotopic (exact) mass is 798 g/mol. The van der Waals surface area contributed by atoms with Gasteiger partial charge in [-0.05, 0) is 77.0 Å². The summed E-state index contributed by atoms with van der Waals surface area (Å²) in [7, 11) is -4.45. The van der Waals surface area contributed by atoms with Gasteiger partial charge in [-0.3, -0.25) is 18.6 Å². The third-order valence-electron chi connectivity index (χ3n) is 8.59. The summed E-state index contributed by atoms with van der Waals surface area (Å²) in [5, 5.41) is 20.6. The van der Waals surface area contributed by atoms with Crippen LogP contribution in [0.2, 0.25) is 0 Å². The van der Waals surface area contributed by atoms with Crippen molar-refractivity contribution in [2.45, 2.75) is 173 Å². The molecule has 0 aliphatic carbocycles. The van der Waals surface area contributed by atoms with Crippen molar-refractivity contribution in [3.05, 3.63) is 60.8 Å².